The van der Waals surface area contributed by atoms with E-state index in [4.69, 9.17) is 4.74 Å². The van der Waals surface area contributed by atoms with E-state index in [0.29, 0.717) is 0 Å². The van der Waals surface area contributed by atoms with Crippen molar-refractivity contribution in [3.8, 4) is 5.75 Å². The number of aryl methyl sites for hydroxylation is 1. The standard InChI is InChI=1S/C15H22N2O4/c1-11(17-15(19)16-10-14(18)21-3)4-5-12-6-8-13(20-2)9-7-12/h6-9,11H,4-5,10H2,1-3H3,(H2,16,17,19)/t11-/m0/s1. The number of urea groups is 1. The molecule has 0 fully saturated rings. The van der Waals surface area contributed by atoms with Gasteiger partial charge in [-0.3, -0.25) is 4.79 Å². The van der Waals surface area contributed by atoms with Crippen molar-refractivity contribution in [2.45, 2.75) is 25.8 Å². The van der Waals surface area contributed by atoms with E-state index >= 15 is 0 Å². The van der Waals surface area contributed by atoms with Crippen LogP contribution in [0.1, 0.15) is 18.9 Å². The molecule has 6 nitrogen and oxygen atoms in total. The molecule has 0 bridgehead atoms. The highest BCUT2D eigenvalue weighted by Gasteiger charge is 2.09. The predicted octanol–water partition coefficient (Wildman–Crippen LogP) is 1.49. The minimum absolute atomic E-state index is 0.00440. The first kappa shape index (κ1) is 16.8. The normalized spacial score (nSPS) is 11.4. The van der Waals surface area contributed by atoms with Crippen LogP contribution in [0.25, 0.3) is 0 Å². The van der Waals surface area contributed by atoms with Crippen molar-refractivity contribution >= 4 is 12.0 Å². The summed E-state index contributed by atoms with van der Waals surface area (Å²) in [5.41, 5.74) is 1.18. The van der Waals surface area contributed by atoms with E-state index in [0.717, 1.165) is 18.6 Å². The minimum atomic E-state index is -0.476. The molecule has 0 spiro atoms. The van der Waals surface area contributed by atoms with Crippen LogP contribution in [0, 0.1) is 0 Å². The molecule has 1 rings (SSSR count). The smallest absolute Gasteiger partial charge is 0.325 e. The molecule has 1 aromatic rings. The number of amides is 2. The number of rotatable bonds is 7. The Morgan fingerprint density at radius 3 is 2.43 bits per heavy atom. The Bertz CT molecular complexity index is 459. The number of nitrogens with one attached hydrogen (secondary N) is 2. The van der Waals surface area contributed by atoms with Crippen LogP contribution in [0.5, 0.6) is 5.75 Å². The van der Waals surface area contributed by atoms with Crippen LogP contribution in [-0.4, -0.2) is 38.8 Å². The van der Waals surface area contributed by atoms with E-state index in [-0.39, 0.29) is 18.6 Å². The summed E-state index contributed by atoms with van der Waals surface area (Å²) >= 11 is 0. The zero-order valence-electron chi connectivity index (χ0n) is 12.6. The SMILES string of the molecule is COC(=O)CNC(=O)N[C@@H](C)CCc1ccc(OC)cc1. The second kappa shape index (κ2) is 8.84. The second-order valence-electron chi connectivity index (χ2n) is 4.69. The van der Waals surface area contributed by atoms with E-state index < -0.39 is 5.97 Å². The van der Waals surface area contributed by atoms with Crippen molar-refractivity contribution in [3.05, 3.63) is 29.8 Å². The fraction of sp³-hybridized carbons (Fsp3) is 0.467. The van der Waals surface area contributed by atoms with Crippen LogP contribution in [0.2, 0.25) is 0 Å². The number of benzene rings is 1. The Morgan fingerprint density at radius 2 is 1.86 bits per heavy atom. The minimum Gasteiger partial charge on any atom is -0.497 e. The van der Waals surface area contributed by atoms with Gasteiger partial charge in [-0.05, 0) is 37.5 Å². The van der Waals surface area contributed by atoms with Gasteiger partial charge >= 0.3 is 12.0 Å². The number of carbonyl (C=O) groups is 2. The van der Waals surface area contributed by atoms with Gasteiger partial charge in [0.25, 0.3) is 0 Å². The van der Waals surface area contributed by atoms with Crippen LogP contribution in [0.15, 0.2) is 24.3 Å². The predicted molar refractivity (Wildman–Crippen MR) is 79.3 cm³/mol. The highest BCUT2D eigenvalue weighted by molar-refractivity contribution is 5.80. The molecule has 21 heavy (non-hydrogen) atoms. The maximum atomic E-state index is 11.5. The molecule has 2 N–H and O–H groups in total. The summed E-state index contributed by atoms with van der Waals surface area (Å²) in [4.78, 5) is 22.4. The van der Waals surface area contributed by atoms with Gasteiger partial charge in [-0.15, -0.1) is 0 Å². The van der Waals surface area contributed by atoms with Gasteiger partial charge in [0.2, 0.25) is 0 Å². The maximum absolute atomic E-state index is 11.5. The summed E-state index contributed by atoms with van der Waals surface area (Å²) in [7, 11) is 2.91. The third-order valence-corrected chi connectivity index (χ3v) is 3.02. The summed E-state index contributed by atoms with van der Waals surface area (Å²) in [6.07, 6.45) is 1.65. The first-order valence-electron chi connectivity index (χ1n) is 6.79. The molecule has 0 aliphatic heterocycles. The summed E-state index contributed by atoms with van der Waals surface area (Å²) in [6.45, 7) is 1.79. The van der Waals surface area contributed by atoms with Crippen LogP contribution >= 0.6 is 0 Å². The Morgan fingerprint density at radius 1 is 1.19 bits per heavy atom. The molecule has 0 aliphatic rings. The summed E-state index contributed by atoms with van der Waals surface area (Å²) in [6, 6.07) is 7.46. The topological polar surface area (TPSA) is 76.7 Å². The van der Waals surface area contributed by atoms with E-state index in [1.165, 1.54) is 12.7 Å². The van der Waals surface area contributed by atoms with E-state index in [9.17, 15) is 9.59 Å². The highest BCUT2D eigenvalue weighted by Crippen LogP contribution is 2.13. The van der Waals surface area contributed by atoms with Crippen LogP contribution in [0.3, 0.4) is 0 Å². The molecular formula is C15H22N2O4. The second-order valence-corrected chi connectivity index (χ2v) is 4.69. The summed E-state index contributed by atoms with van der Waals surface area (Å²) < 4.78 is 9.54. The number of hydrogen-bond acceptors (Lipinski definition) is 4. The summed E-state index contributed by atoms with van der Waals surface area (Å²) in [5, 5.41) is 5.21. The zero-order valence-corrected chi connectivity index (χ0v) is 12.6. The van der Waals surface area contributed by atoms with Gasteiger partial charge in [0, 0.05) is 6.04 Å². The number of carbonyl (C=O) groups excluding carboxylic acids is 2. The highest BCUT2D eigenvalue weighted by atomic mass is 16.5. The largest absolute Gasteiger partial charge is 0.497 e. The third kappa shape index (κ3) is 6.65. The molecule has 0 unspecified atom stereocenters. The van der Waals surface area contributed by atoms with Crippen LogP contribution < -0.4 is 15.4 Å². The van der Waals surface area contributed by atoms with Crippen molar-refractivity contribution in [3.63, 3.8) is 0 Å². The lowest BCUT2D eigenvalue weighted by atomic mass is 10.1. The fourth-order valence-corrected chi connectivity index (χ4v) is 1.75. The molecule has 0 aromatic heterocycles. The van der Waals surface area contributed by atoms with E-state index in [1.807, 2.05) is 31.2 Å². The quantitative estimate of drug-likeness (QED) is 0.747. The number of ether oxygens (including phenoxy) is 2. The van der Waals surface area contributed by atoms with Gasteiger partial charge < -0.3 is 20.1 Å². The number of esters is 1. The van der Waals surface area contributed by atoms with Gasteiger partial charge in [-0.1, -0.05) is 12.1 Å². The molecule has 0 aliphatic carbocycles. The molecule has 1 aromatic carbocycles. The maximum Gasteiger partial charge on any atom is 0.325 e. The lowest BCUT2D eigenvalue weighted by Crippen LogP contribution is -2.43. The lowest BCUT2D eigenvalue weighted by Gasteiger charge is -2.14. The van der Waals surface area contributed by atoms with Crippen molar-refractivity contribution < 1.29 is 19.1 Å². The Hall–Kier alpha value is -2.24. The molecule has 0 saturated carbocycles. The lowest BCUT2D eigenvalue weighted by molar-refractivity contribution is -0.139. The Kier molecular flexibility index (Phi) is 7.08. The average molecular weight is 294 g/mol. The molecule has 2 amide bonds. The first-order chi connectivity index (χ1) is 10.0. The molecule has 6 heteroatoms. The number of methoxy groups -OCH3 is 2. The fourth-order valence-electron chi connectivity index (χ4n) is 1.75. The molecule has 0 radical (unpaired) electrons. The van der Waals surface area contributed by atoms with E-state index in [2.05, 4.69) is 15.4 Å². The van der Waals surface area contributed by atoms with Crippen molar-refractivity contribution in [2.24, 2.45) is 0 Å². The number of hydrogen-bond donors (Lipinski definition) is 2. The molecular weight excluding hydrogens is 272 g/mol. The van der Waals surface area contributed by atoms with Crippen molar-refractivity contribution in [1.29, 1.82) is 0 Å². The Labute approximate surface area is 124 Å². The average Bonchev–Trinajstić information content (AvgIpc) is 2.51. The monoisotopic (exact) mass is 294 g/mol. The zero-order chi connectivity index (χ0) is 15.7. The van der Waals surface area contributed by atoms with Gasteiger partial charge in [0.15, 0.2) is 0 Å². The molecule has 1 atom stereocenters. The van der Waals surface area contributed by atoms with Crippen molar-refractivity contribution in [1.82, 2.24) is 10.6 Å². The molecule has 116 valence electrons. The van der Waals surface area contributed by atoms with Gasteiger partial charge in [-0.2, -0.15) is 0 Å². The van der Waals surface area contributed by atoms with Crippen molar-refractivity contribution in [2.75, 3.05) is 20.8 Å². The Balaban J connectivity index is 2.27. The van der Waals surface area contributed by atoms with Gasteiger partial charge in [-0.25, -0.2) is 4.79 Å². The van der Waals surface area contributed by atoms with E-state index in [1.54, 1.807) is 7.11 Å². The van der Waals surface area contributed by atoms with Gasteiger partial charge in [0.05, 0.1) is 14.2 Å². The van der Waals surface area contributed by atoms with Gasteiger partial charge in [0.1, 0.15) is 12.3 Å². The van der Waals surface area contributed by atoms with Crippen LogP contribution in [0.4, 0.5) is 4.79 Å². The first-order valence-corrected chi connectivity index (χ1v) is 6.79. The molecule has 0 heterocycles. The third-order valence-electron chi connectivity index (χ3n) is 3.02. The summed E-state index contributed by atoms with van der Waals surface area (Å²) in [5.74, 6) is 0.350. The van der Waals surface area contributed by atoms with Crippen LogP contribution in [-0.2, 0) is 16.0 Å². The molecule has 0 saturated heterocycles.